The van der Waals surface area contributed by atoms with Crippen LogP contribution in [0.25, 0.3) is 0 Å². The van der Waals surface area contributed by atoms with Crippen molar-refractivity contribution in [1.29, 1.82) is 0 Å². The van der Waals surface area contributed by atoms with Gasteiger partial charge in [0.25, 0.3) is 0 Å². The number of carbonyl (C=O) groups is 2. The Morgan fingerprint density at radius 2 is 1.71 bits per heavy atom. The molecule has 6 heteroatoms. The van der Waals surface area contributed by atoms with Crippen LogP contribution in [0.15, 0.2) is 18.2 Å². The summed E-state index contributed by atoms with van der Waals surface area (Å²) in [5, 5.41) is 0.321. The van der Waals surface area contributed by atoms with Gasteiger partial charge in [-0.2, -0.15) is 0 Å². The Hall–Kier alpha value is -1.62. The van der Waals surface area contributed by atoms with Crippen LogP contribution in [0, 0.1) is 11.2 Å². The molecule has 0 bridgehead atoms. The van der Waals surface area contributed by atoms with Gasteiger partial charge in [-0.25, -0.2) is 4.39 Å². The van der Waals surface area contributed by atoms with E-state index in [2.05, 4.69) is 0 Å². The molecule has 0 saturated heterocycles. The van der Waals surface area contributed by atoms with Crippen LogP contribution in [0.5, 0.6) is 0 Å². The van der Waals surface area contributed by atoms with Gasteiger partial charge in [-0.15, -0.1) is 0 Å². The molecule has 0 radical (unpaired) electrons. The molecule has 4 nitrogen and oxygen atoms in total. The summed E-state index contributed by atoms with van der Waals surface area (Å²) in [7, 11) is 0. The van der Waals surface area contributed by atoms with Crippen molar-refractivity contribution in [3.63, 3.8) is 0 Å². The fourth-order valence-corrected chi connectivity index (χ4v) is 2.06. The molecule has 0 aliphatic heterocycles. The molecule has 116 valence electrons. The third kappa shape index (κ3) is 4.17. The summed E-state index contributed by atoms with van der Waals surface area (Å²) in [5.74, 6) is -2.04. The van der Waals surface area contributed by atoms with E-state index in [0.717, 1.165) is 0 Å². The molecule has 0 unspecified atom stereocenters. The molecular formula is C15H18ClFO4. The van der Waals surface area contributed by atoms with Gasteiger partial charge < -0.3 is 9.47 Å². The molecule has 0 atom stereocenters. The third-order valence-corrected chi connectivity index (χ3v) is 3.24. The highest BCUT2D eigenvalue weighted by atomic mass is 35.5. The maximum Gasteiger partial charge on any atom is 0.323 e. The van der Waals surface area contributed by atoms with E-state index in [1.54, 1.807) is 13.8 Å². The van der Waals surface area contributed by atoms with E-state index in [0.29, 0.717) is 5.02 Å². The summed E-state index contributed by atoms with van der Waals surface area (Å²) in [6, 6.07) is 3.97. The fourth-order valence-electron chi connectivity index (χ4n) is 1.87. The van der Waals surface area contributed by atoms with Crippen LogP contribution in [0.2, 0.25) is 5.02 Å². The molecule has 0 fully saturated rings. The summed E-state index contributed by atoms with van der Waals surface area (Å²) in [4.78, 5) is 24.2. The first-order chi connectivity index (χ1) is 9.85. The normalized spacial score (nSPS) is 11.1. The Kier molecular flexibility index (Phi) is 6.15. The largest absolute Gasteiger partial charge is 0.465 e. The summed E-state index contributed by atoms with van der Waals surface area (Å²) < 4.78 is 23.7. The standard InChI is InChI=1S/C15H18ClFO4/c1-4-20-13(18)15(3,14(19)21-5-2)9-10-8-11(16)6-7-12(10)17/h6-8H,4-5,9H2,1-3H3. The first-order valence-electron chi connectivity index (χ1n) is 6.63. The van der Waals surface area contributed by atoms with E-state index in [4.69, 9.17) is 21.1 Å². The topological polar surface area (TPSA) is 52.6 Å². The minimum atomic E-state index is -1.61. The van der Waals surface area contributed by atoms with E-state index < -0.39 is 23.2 Å². The third-order valence-electron chi connectivity index (χ3n) is 3.00. The molecule has 0 aliphatic carbocycles. The van der Waals surface area contributed by atoms with Crippen molar-refractivity contribution < 1.29 is 23.5 Å². The molecule has 1 rings (SSSR count). The maximum absolute atomic E-state index is 13.8. The van der Waals surface area contributed by atoms with Crippen LogP contribution in [-0.4, -0.2) is 25.2 Å². The minimum Gasteiger partial charge on any atom is -0.465 e. The highest BCUT2D eigenvalue weighted by Gasteiger charge is 2.44. The summed E-state index contributed by atoms with van der Waals surface area (Å²) in [6.07, 6.45) is -0.183. The molecule has 0 saturated carbocycles. The lowest BCUT2D eigenvalue weighted by molar-refractivity contribution is -0.170. The molecule has 0 aromatic heterocycles. The molecule has 0 aliphatic rings. The number of carbonyl (C=O) groups excluding carboxylic acids is 2. The van der Waals surface area contributed by atoms with Gasteiger partial charge in [-0.1, -0.05) is 11.6 Å². The SMILES string of the molecule is CCOC(=O)C(C)(Cc1cc(Cl)ccc1F)C(=O)OCC. The second-order valence-electron chi connectivity index (χ2n) is 4.69. The highest BCUT2D eigenvalue weighted by molar-refractivity contribution is 6.30. The van der Waals surface area contributed by atoms with Crippen molar-refractivity contribution in [3.8, 4) is 0 Å². The Bertz CT molecular complexity index is 512. The number of halogens is 2. The number of hydrogen-bond acceptors (Lipinski definition) is 4. The highest BCUT2D eigenvalue weighted by Crippen LogP contribution is 2.29. The van der Waals surface area contributed by atoms with Crippen molar-refractivity contribution in [1.82, 2.24) is 0 Å². The zero-order chi connectivity index (χ0) is 16.0. The average Bonchev–Trinajstić information content (AvgIpc) is 2.43. The van der Waals surface area contributed by atoms with Crippen molar-refractivity contribution in [3.05, 3.63) is 34.6 Å². The van der Waals surface area contributed by atoms with Gasteiger partial charge in [0.05, 0.1) is 13.2 Å². The van der Waals surface area contributed by atoms with Crippen molar-refractivity contribution in [2.75, 3.05) is 13.2 Å². The van der Waals surface area contributed by atoms with Gasteiger partial charge in [0.15, 0.2) is 5.41 Å². The van der Waals surface area contributed by atoms with E-state index in [1.165, 1.54) is 25.1 Å². The molecular weight excluding hydrogens is 299 g/mol. The number of esters is 2. The quantitative estimate of drug-likeness (QED) is 0.597. The van der Waals surface area contributed by atoms with E-state index in [1.807, 2.05) is 0 Å². The van der Waals surface area contributed by atoms with Gasteiger partial charge in [-0.3, -0.25) is 9.59 Å². The Balaban J connectivity index is 3.15. The zero-order valence-electron chi connectivity index (χ0n) is 12.2. The summed E-state index contributed by atoms with van der Waals surface area (Å²) in [5.41, 5.74) is -1.46. The van der Waals surface area contributed by atoms with Gasteiger partial charge in [-0.05, 0) is 44.5 Å². The second-order valence-corrected chi connectivity index (χ2v) is 5.12. The first kappa shape index (κ1) is 17.4. The van der Waals surface area contributed by atoms with Crippen LogP contribution in [0.3, 0.4) is 0 Å². The molecule has 0 amide bonds. The molecule has 0 spiro atoms. The number of ether oxygens (including phenoxy) is 2. The Labute approximate surface area is 128 Å². The molecule has 0 heterocycles. The smallest absolute Gasteiger partial charge is 0.323 e. The predicted octanol–water partition coefficient (Wildman–Crippen LogP) is 3.15. The molecule has 21 heavy (non-hydrogen) atoms. The Morgan fingerprint density at radius 1 is 1.19 bits per heavy atom. The molecule has 1 aromatic rings. The monoisotopic (exact) mass is 316 g/mol. The predicted molar refractivity (Wildman–Crippen MR) is 76.5 cm³/mol. The second kappa shape index (κ2) is 7.41. The van der Waals surface area contributed by atoms with Crippen LogP contribution in [-0.2, 0) is 25.5 Å². The summed E-state index contributed by atoms with van der Waals surface area (Å²) >= 11 is 5.83. The van der Waals surface area contributed by atoms with Gasteiger partial charge >= 0.3 is 11.9 Å². The molecule has 0 N–H and O–H groups in total. The Morgan fingerprint density at radius 3 is 2.19 bits per heavy atom. The van der Waals surface area contributed by atoms with Crippen LogP contribution in [0.1, 0.15) is 26.3 Å². The van der Waals surface area contributed by atoms with Crippen LogP contribution >= 0.6 is 11.6 Å². The van der Waals surface area contributed by atoms with Crippen LogP contribution < -0.4 is 0 Å². The average molecular weight is 317 g/mol. The van der Waals surface area contributed by atoms with Gasteiger partial charge in [0.2, 0.25) is 0 Å². The first-order valence-corrected chi connectivity index (χ1v) is 7.01. The number of rotatable bonds is 6. The van der Waals surface area contributed by atoms with E-state index in [9.17, 15) is 14.0 Å². The van der Waals surface area contributed by atoms with Gasteiger partial charge in [0.1, 0.15) is 5.82 Å². The number of hydrogen-bond donors (Lipinski definition) is 0. The zero-order valence-corrected chi connectivity index (χ0v) is 13.0. The van der Waals surface area contributed by atoms with Crippen molar-refractivity contribution in [2.45, 2.75) is 27.2 Å². The van der Waals surface area contributed by atoms with E-state index >= 15 is 0 Å². The van der Waals surface area contributed by atoms with Crippen molar-refractivity contribution in [2.24, 2.45) is 5.41 Å². The maximum atomic E-state index is 13.8. The fraction of sp³-hybridized carbons (Fsp3) is 0.467. The lowest BCUT2D eigenvalue weighted by Crippen LogP contribution is -2.41. The minimum absolute atomic E-state index is 0.117. The number of benzene rings is 1. The lowest BCUT2D eigenvalue weighted by atomic mass is 9.83. The lowest BCUT2D eigenvalue weighted by Gasteiger charge is -2.25. The van der Waals surface area contributed by atoms with E-state index in [-0.39, 0.29) is 25.2 Å². The summed E-state index contributed by atoms with van der Waals surface area (Å²) in [6.45, 7) is 4.87. The molecule has 1 aromatic carbocycles. The van der Waals surface area contributed by atoms with Gasteiger partial charge in [0, 0.05) is 11.4 Å². The van der Waals surface area contributed by atoms with Crippen LogP contribution in [0.4, 0.5) is 4.39 Å². The van der Waals surface area contributed by atoms with Crippen molar-refractivity contribution >= 4 is 23.5 Å².